The number of rotatable bonds is 4. The Morgan fingerprint density at radius 3 is 3.21 bits per heavy atom. The van der Waals surface area contributed by atoms with Gasteiger partial charge in [-0.25, -0.2) is 9.78 Å². The molecule has 0 aromatic carbocycles. The Labute approximate surface area is 109 Å². The van der Waals surface area contributed by atoms with Crippen LogP contribution >= 0.6 is 0 Å². The molecule has 3 aromatic heterocycles. The largest absolute Gasteiger partial charge is 0.463 e. The Morgan fingerprint density at radius 2 is 2.53 bits per heavy atom. The monoisotopic (exact) mass is 259 g/mol. The molecular formula is C13H13N3O3. The van der Waals surface area contributed by atoms with Crippen LogP contribution in [0, 0.1) is 0 Å². The highest BCUT2D eigenvalue weighted by Crippen LogP contribution is 2.19. The van der Waals surface area contributed by atoms with E-state index in [1.165, 1.54) is 0 Å². The van der Waals surface area contributed by atoms with E-state index in [9.17, 15) is 4.79 Å². The Hall–Kier alpha value is -2.50. The van der Waals surface area contributed by atoms with Gasteiger partial charge in [-0.15, -0.1) is 0 Å². The van der Waals surface area contributed by atoms with Crippen LogP contribution in [0.25, 0.3) is 11.1 Å². The molecule has 0 saturated carbocycles. The minimum Gasteiger partial charge on any atom is -0.463 e. The standard InChI is InChI=1S/C13H13N3O3/c1-2-12(16-5-4-14-8-16)19-13(17)10-7-11-9(15-10)3-6-18-11/h3-8,12,15H,2H2,1H3. The molecule has 0 bridgehead atoms. The molecule has 0 aliphatic carbocycles. The van der Waals surface area contributed by atoms with Crippen LogP contribution in [0.1, 0.15) is 30.1 Å². The van der Waals surface area contributed by atoms with Crippen molar-refractivity contribution in [3.63, 3.8) is 0 Å². The van der Waals surface area contributed by atoms with Gasteiger partial charge >= 0.3 is 5.97 Å². The summed E-state index contributed by atoms with van der Waals surface area (Å²) in [7, 11) is 0. The normalized spacial score (nSPS) is 12.7. The number of aromatic amines is 1. The predicted molar refractivity (Wildman–Crippen MR) is 67.5 cm³/mol. The van der Waals surface area contributed by atoms with Crippen molar-refractivity contribution in [2.75, 3.05) is 0 Å². The summed E-state index contributed by atoms with van der Waals surface area (Å²) in [5.74, 6) is -0.410. The van der Waals surface area contributed by atoms with E-state index >= 15 is 0 Å². The highest BCUT2D eigenvalue weighted by atomic mass is 16.6. The molecule has 1 atom stereocenters. The molecule has 19 heavy (non-hydrogen) atoms. The van der Waals surface area contributed by atoms with Crippen molar-refractivity contribution in [2.45, 2.75) is 19.6 Å². The number of aromatic nitrogens is 3. The fraction of sp³-hybridized carbons (Fsp3) is 0.231. The lowest BCUT2D eigenvalue weighted by molar-refractivity contribution is 0.00724. The first kappa shape index (κ1) is 11.6. The van der Waals surface area contributed by atoms with Crippen LogP contribution in [0.15, 0.2) is 41.5 Å². The van der Waals surface area contributed by atoms with Crippen LogP contribution in [-0.4, -0.2) is 20.5 Å². The second-order valence-corrected chi connectivity index (χ2v) is 4.16. The molecule has 1 N–H and O–H groups in total. The van der Waals surface area contributed by atoms with Crippen LogP contribution in [-0.2, 0) is 4.74 Å². The number of ether oxygens (including phenoxy) is 1. The number of esters is 1. The molecule has 0 radical (unpaired) electrons. The van der Waals surface area contributed by atoms with Gasteiger partial charge in [0.2, 0.25) is 0 Å². The van der Waals surface area contributed by atoms with Crippen molar-refractivity contribution in [3.05, 3.63) is 42.8 Å². The molecule has 0 aliphatic rings. The summed E-state index contributed by atoms with van der Waals surface area (Å²) >= 11 is 0. The number of furan rings is 1. The van der Waals surface area contributed by atoms with Gasteiger partial charge in [0.05, 0.1) is 18.1 Å². The summed E-state index contributed by atoms with van der Waals surface area (Å²) in [4.78, 5) is 19.0. The second kappa shape index (κ2) is 4.64. The number of hydrogen-bond acceptors (Lipinski definition) is 4. The van der Waals surface area contributed by atoms with Crippen LogP contribution in [0.3, 0.4) is 0 Å². The van der Waals surface area contributed by atoms with E-state index in [0.717, 1.165) is 5.52 Å². The first-order chi connectivity index (χ1) is 9.28. The maximum Gasteiger partial charge on any atom is 0.356 e. The van der Waals surface area contributed by atoms with Gasteiger partial charge in [-0.05, 0) is 0 Å². The van der Waals surface area contributed by atoms with Crippen molar-refractivity contribution < 1.29 is 13.9 Å². The van der Waals surface area contributed by atoms with E-state index in [2.05, 4.69) is 9.97 Å². The van der Waals surface area contributed by atoms with Crippen molar-refractivity contribution in [2.24, 2.45) is 0 Å². The molecule has 3 heterocycles. The van der Waals surface area contributed by atoms with Gasteiger partial charge in [0.15, 0.2) is 11.8 Å². The van der Waals surface area contributed by atoms with Crippen molar-refractivity contribution in [1.29, 1.82) is 0 Å². The van der Waals surface area contributed by atoms with E-state index in [-0.39, 0.29) is 6.23 Å². The molecule has 3 aromatic rings. The summed E-state index contributed by atoms with van der Waals surface area (Å²) < 4.78 is 12.4. The molecule has 0 fully saturated rings. The number of H-pyrrole nitrogens is 1. The first-order valence-electron chi connectivity index (χ1n) is 6.02. The first-order valence-corrected chi connectivity index (χ1v) is 6.02. The zero-order valence-corrected chi connectivity index (χ0v) is 10.4. The van der Waals surface area contributed by atoms with Crippen molar-refractivity contribution in [1.82, 2.24) is 14.5 Å². The van der Waals surface area contributed by atoms with Crippen LogP contribution in [0.4, 0.5) is 0 Å². The van der Waals surface area contributed by atoms with Gasteiger partial charge in [0.1, 0.15) is 5.69 Å². The van der Waals surface area contributed by atoms with Crippen LogP contribution in [0.2, 0.25) is 0 Å². The summed E-state index contributed by atoms with van der Waals surface area (Å²) in [6.07, 6.45) is 6.92. The fourth-order valence-corrected chi connectivity index (χ4v) is 1.94. The quantitative estimate of drug-likeness (QED) is 0.731. The van der Waals surface area contributed by atoms with Gasteiger partial charge in [0, 0.05) is 30.9 Å². The van der Waals surface area contributed by atoms with Gasteiger partial charge < -0.3 is 18.7 Å². The topological polar surface area (TPSA) is 73.0 Å². The number of hydrogen-bond donors (Lipinski definition) is 1. The molecule has 6 heteroatoms. The number of fused-ring (bicyclic) bond motifs is 1. The molecule has 1 unspecified atom stereocenters. The molecule has 6 nitrogen and oxygen atoms in total. The Bertz CT molecular complexity index is 652. The average Bonchev–Trinajstić information content (AvgIpc) is 3.09. The van der Waals surface area contributed by atoms with Crippen molar-refractivity contribution >= 4 is 17.1 Å². The van der Waals surface area contributed by atoms with Crippen LogP contribution in [0.5, 0.6) is 0 Å². The lowest BCUT2D eigenvalue weighted by Crippen LogP contribution is -2.16. The predicted octanol–water partition coefficient (Wildman–Crippen LogP) is 2.72. The third kappa shape index (κ3) is 2.12. The number of nitrogens with zero attached hydrogens (tertiary/aromatic N) is 2. The van der Waals surface area contributed by atoms with Gasteiger partial charge in [-0.1, -0.05) is 6.92 Å². The summed E-state index contributed by atoms with van der Waals surface area (Å²) in [5, 5.41) is 0. The van der Waals surface area contributed by atoms with Gasteiger partial charge in [0.25, 0.3) is 0 Å². The number of nitrogens with one attached hydrogen (secondary N) is 1. The van der Waals surface area contributed by atoms with Crippen molar-refractivity contribution in [3.8, 4) is 0 Å². The van der Waals surface area contributed by atoms with Gasteiger partial charge in [-0.2, -0.15) is 0 Å². The maximum atomic E-state index is 12.0. The highest BCUT2D eigenvalue weighted by Gasteiger charge is 2.18. The lowest BCUT2D eigenvalue weighted by Gasteiger charge is -2.16. The molecule has 0 amide bonds. The Morgan fingerprint density at radius 1 is 1.63 bits per heavy atom. The Kier molecular flexibility index (Phi) is 2.83. The number of carbonyl (C=O) groups is 1. The summed E-state index contributed by atoms with van der Waals surface area (Å²) in [5.41, 5.74) is 1.80. The van der Waals surface area contributed by atoms with E-state index in [0.29, 0.717) is 17.7 Å². The molecule has 3 rings (SSSR count). The molecule has 98 valence electrons. The average molecular weight is 259 g/mol. The van der Waals surface area contributed by atoms with E-state index in [1.807, 2.05) is 6.92 Å². The van der Waals surface area contributed by atoms with E-state index < -0.39 is 5.97 Å². The minimum atomic E-state index is -0.410. The second-order valence-electron chi connectivity index (χ2n) is 4.16. The Balaban J connectivity index is 1.78. The fourth-order valence-electron chi connectivity index (χ4n) is 1.94. The smallest absolute Gasteiger partial charge is 0.356 e. The SMILES string of the molecule is CCC(OC(=O)c1cc2occc2[nH]1)n1ccnc1. The number of imidazole rings is 1. The van der Waals surface area contributed by atoms with Crippen LogP contribution < -0.4 is 0 Å². The zero-order valence-electron chi connectivity index (χ0n) is 10.4. The molecule has 0 spiro atoms. The maximum absolute atomic E-state index is 12.0. The van der Waals surface area contributed by atoms with E-state index in [4.69, 9.17) is 9.15 Å². The minimum absolute atomic E-state index is 0.357. The van der Waals surface area contributed by atoms with Gasteiger partial charge in [-0.3, -0.25) is 0 Å². The molecular weight excluding hydrogens is 246 g/mol. The summed E-state index contributed by atoms with van der Waals surface area (Å²) in [6.45, 7) is 1.94. The third-order valence-corrected chi connectivity index (χ3v) is 2.91. The highest BCUT2D eigenvalue weighted by molar-refractivity contribution is 5.93. The van der Waals surface area contributed by atoms with E-state index in [1.54, 1.807) is 41.7 Å². The molecule has 0 aliphatic heterocycles. The molecule has 0 saturated heterocycles. The third-order valence-electron chi connectivity index (χ3n) is 2.91. The number of carbonyl (C=O) groups excluding carboxylic acids is 1. The zero-order chi connectivity index (χ0) is 13.2. The summed E-state index contributed by atoms with van der Waals surface area (Å²) in [6, 6.07) is 3.40. The lowest BCUT2D eigenvalue weighted by atomic mass is 10.4.